The molecule has 1 aromatic rings. The van der Waals surface area contributed by atoms with E-state index < -0.39 is 0 Å². The summed E-state index contributed by atoms with van der Waals surface area (Å²) in [5.74, 6) is 1.48. The van der Waals surface area contributed by atoms with Gasteiger partial charge in [0.15, 0.2) is 0 Å². The standard InChI is InChI=1S/C18H30N2O/c1-6-7-8-20-16-10-17(21-5)14(12-19)9-15(16)13(2)11-18(20,3)4/h9-10,13H,6-8,11-12,19H2,1-5H3/t13-/m0/s1. The number of hydrogen-bond acceptors (Lipinski definition) is 3. The highest BCUT2D eigenvalue weighted by molar-refractivity contribution is 5.64. The monoisotopic (exact) mass is 290 g/mol. The summed E-state index contributed by atoms with van der Waals surface area (Å²) >= 11 is 0. The first-order valence-corrected chi connectivity index (χ1v) is 8.13. The third-order valence-electron chi connectivity index (χ3n) is 4.74. The van der Waals surface area contributed by atoms with Crippen molar-refractivity contribution in [3.8, 4) is 5.75 Å². The van der Waals surface area contributed by atoms with E-state index in [1.54, 1.807) is 7.11 Å². The minimum absolute atomic E-state index is 0.191. The lowest BCUT2D eigenvalue weighted by atomic mass is 9.79. The van der Waals surface area contributed by atoms with E-state index in [2.05, 4.69) is 44.7 Å². The Morgan fingerprint density at radius 3 is 2.67 bits per heavy atom. The van der Waals surface area contributed by atoms with Crippen molar-refractivity contribution in [2.24, 2.45) is 5.73 Å². The molecule has 0 amide bonds. The molecule has 2 rings (SSSR count). The van der Waals surface area contributed by atoms with Crippen molar-refractivity contribution in [2.75, 3.05) is 18.6 Å². The van der Waals surface area contributed by atoms with Crippen molar-refractivity contribution >= 4 is 5.69 Å². The first-order chi connectivity index (χ1) is 9.94. The van der Waals surface area contributed by atoms with Crippen molar-refractivity contribution in [2.45, 2.75) is 65.0 Å². The number of nitrogens with zero attached hydrogens (tertiary/aromatic N) is 1. The Morgan fingerprint density at radius 1 is 1.38 bits per heavy atom. The predicted molar refractivity (Wildman–Crippen MR) is 90.3 cm³/mol. The molecule has 0 radical (unpaired) electrons. The van der Waals surface area contributed by atoms with E-state index in [1.165, 1.54) is 30.5 Å². The van der Waals surface area contributed by atoms with Crippen LogP contribution in [-0.2, 0) is 6.54 Å². The lowest BCUT2D eigenvalue weighted by molar-refractivity contribution is 0.370. The number of ether oxygens (including phenoxy) is 1. The van der Waals surface area contributed by atoms with E-state index in [1.807, 2.05) is 0 Å². The van der Waals surface area contributed by atoms with Crippen LogP contribution in [0.3, 0.4) is 0 Å². The minimum atomic E-state index is 0.191. The van der Waals surface area contributed by atoms with Crippen LogP contribution in [0, 0.1) is 0 Å². The summed E-state index contributed by atoms with van der Waals surface area (Å²) in [7, 11) is 1.73. The number of nitrogens with two attached hydrogens (primary N) is 1. The molecule has 1 aromatic carbocycles. The van der Waals surface area contributed by atoms with Gasteiger partial charge in [-0.2, -0.15) is 0 Å². The van der Waals surface area contributed by atoms with Crippen LogP contribution < -0.4 is 15.4 Å². The average Bonchev–Trinajstić information content (AvgIpc) is 2.45. The van der Waals surface area contributed by atoms with Gasteiger partial charge in [0.25, 0.3) is 0 Å². The molecule has 1 heterocycles. The van der Waals surface area contributed by atoms with Crippen molar-refractivity contribution in [3.63, 3.8) is 0 Å². The summed E-state index contributed by atoms with van der Waals surface area (Å²) in [6.45, 7) is 10.9. The first kappa shape index (κ1) is 16.2. The Kier molecular flexibility index (Phi) is 4.82. The molecule has 0 spiro atoms. The molecule has 0 fully saturated rings. The van der Waals surface area contributed by atoms with Crippen LogP contribution in [0.4, 0.5) is 5.69 Å². The van der Waals surface area contributed by atoms with Crippen LogP contribution >= 0.6 is 0 Å². The average molecular weight is 290 g/mol. The number of methoxy groups -OCH3 is 1. The van der Waals surface area contributed by atoms with Crippen LogP contribution in [0.15, 0.2) is 12.1 Å². The van der Waals surface area contributed by atoms with E-state index >= 15 is 0 Å². The molecular formula is C18H30N2O. The quantitative estimate of drug-likeness (QED) is 0.889. The zero-order valence-electron chi connectivity index (χ0n) is 14.2. The molecule has 0 saturated carbocycles. The molecule has 1 aliphatic rings. The molecular weight excluding hydrogens is 260 g/mol. The second kappa shape index (κ2) is 6.27. The zero-order chi connectivity index (χ0) is 15.6. The fraction of sp³-hybridized carbons (Fsp3) is 0.667. The Hall–Kier alpha value is -1.22. The van der Waals surface area contributed by atoms with Gasteiger partial charge in [-0.1, -0.05) is 20.3 Å². The van der Waals surface area contributed by atoms with Crippen molar-refractivity contribution in [1.29, 1.82) is 0 Å². The van der Waals surface area contributed by atoms with E-state index in [0.29, 0.717) is 12.5 Å². The molecule has 3 nitrogen and oxygen atoms in total. The highest BCUT2D eigenvalue weighted by Crippen LogP contribution is 2.45. The first-order valence-electron chi connectivity index (χ1n) is 8.13. The van der Waals surface area contributed by atoms with Gasteiger partial charge >= 0.3 is 0 Å². The number of anilines is 1. The Labute approximate surface area is 129 Å². The molecule has 0 unspecified atom stereocenters. The third kappa shape index (κ3) is 3.03. The maximum Gasteiger partial charge on any atom is 0.125 e. The summed E-state index contributed by atoms with van der Waals surface area (Å²) in [5, 5.41) is 0. The lowest BCUT2D eigenvalue weighted by Gasteiger charge is -2.48. The zero-order valence-corrected chi connectivity index (χ0v) is 14.2. The van der Waals surface area contributed by atoms with Crippen LogP contribution in [0.1, 0.15) is 64.0 Å². The maximum atomic E-state index is 5.88. The second-order valence-electron chi connectivity index (χ2n) is 6.85. The van der Waals surface area contributed by atoms with Crippen LogP contribution in [0.25, 0.3) is 0 Å². The number of unbranched alkanes of at least 4 members (excludes halogenated alkanes) is 1. The summed E-state index contributed by atoms with van der Waals surface area (Å²) in [5.41, 5.74) is 9.94. The molecule has 1 atom stereocenters. The van der Waals surface area contributed by atoms with Crippen molar-refractivity contribution in [3.05, 3.63) is 23.3 Å². The molecule has 21 heavy (non-hydrogen) atoms. The number of fused-ring (bicyclic) bond motifs is 1. The Morgan fingerprint density at radius 2 is 2.10 bits per heavy atom. The maximum absolute atomic E-state index is 5.88. The lowest BCUT2D eigenvalue weighted by Crippen LogP contribution is -2.48. The van der Waals surface area contributed by atoms with Crippen LogP contribution in [0.5, 0.6) is 5.75 Å². The van der Waals surface area contributed by atoms with Gasteiger partial charge in [-0.3, -0.25) is 0 Å². The topological polar surface area (TPSA) is 38.5 Å². The van der Waals surface area contributed by atoms with E-state index in [-0.39, 0.29) is 5.54 Å². The van der Waals surface area contributed by atoms with Crippen molar-refractivity contribution < 1.29 is 4.74 Å². The van der Waals surface area contributed by atoms with Gasteiger partial charge < -0.3 is 15.4 Å². The molecule has 3 heteroatoms. The highest BCUT2D eigenvalue weighted by atomic mass is 16.5. The third-order valence-corrected chi connectivity index (χ3v) is 4.74. The molecule has 0 bridgehead atoms. The van der Waals surface area contributed by atoms with E-state index in [0.717, 1.165) is 17.9 Å². The number of hydrogen-bond donors (Lipinski definition) is 1. The molecule has 0 aliphatic carbocycles. The smallest absolute Gasteiger partial charge is 0.125 e. The van der Waals surface area contributed by atoms with E-state index in [4.69, 9.17) is 10.5 Å². The fourth-order valence-electron chi connectivity index (χ4n) is 3.65. The molecule has 1 aliphatic heterocycles. The largest absolute Gasteiger partial charge is 0.496 e. The number of benzene rings is 1. The molecule has 2 N–H and O–H groups in total. The van der Waals surface area contributed by atoms with Gasteiger partial charge in [0.1, 0.15) is 5.75 Å². The minimum Gasteiger partial charge on any atom is -0.496 e. The fourth-order valence-corrected chi connectivity index (χ4v) is 3.65. The van der Waals surface area contributed by atoms with E-state index in [9.17, 15) is 0 Å². The second-order valence-corrected chi connectivity index (χ2v) is 6.85. The summed E-state index contributed by atoms with van der Waals surface area (Å²) in [6, 6.07) is 4.46. The highest BCUT2D eigenvalue weighted by Gasteiger charge is 2.36. The van der Waals surface area contributed by atoms with Crippen LogP contribution in [-0.4, -0.2) is 19.2 Å². The predicted octanol–water partition coefficient (Wildman–Crippen LogP) is 4.05. The van der Waals surface area contributed by atoms with Gasteiger partial charge in [0.2, 0.25) is 0 Å². The normalized spacial score (nSPS) is 20.3. The SMILES string of the molecule is CCCCN1c2cc(OC)c(CN)cc2[C@@H](C)CC1(C)C. The number of rotatable bonds is 5. The van der Waals surface area contributed by atoms with Gasteiger partial charge in [-0.15, -0.1) is 0 Å². The summed E-state index contributed by atoms with van der Waals surface area (Å²) < 4.78 is 5.55. The molecule has 0 saturated heterocycles. The molecule has 0 aromatic heterocycles. The Bertz CT molecular complexity index is 496. The van der Waals surface area contributed by atoms with Gasteiger partial charge in [0.05, 0.1) is 7.11 Å². The van der Waals surface area contributed by atoms with Crippen LogP contribution in [0.2, 0.25) is 0 Å². The van der Waals surface area contributed by atoms with Gasteiger partial charge in [-0.05, 0) is 44.2 Å². The van der Waals surface area contributed by atoms with Crippen molar-refractivity contribution in [1.82, 2.24) is 0 Å². The Balaban J connectivity index is 2.52. The molecule has 118 valence electrons. The summed E-state index contributed by atoms with van der Waals surface area (Å²) in [4.78, 5) is 2.56. The summed E-state index contributed by atoms with van der Waals surface area (Å²) in [6.07, 6.45) is 3.62. The van der Waals surface area contributed by atoms with Gasteiger partial charge in [0, 0.05) is 35.9 Å². The van der Waals surface area contributed by atoms with Gasteiger partial charge in [-0.25, -0.2) is 0 Å².